The number of carboxylic acids is 1. The summed E-state index contributed by atoms with van der Waals surface area (Å²) >= 11 is 0. The molecule has 0 unspecified atom stereocenters. The van der Waals surface area contributed by atoms with Crippen molar-refractivity contribution in [3.63, 3.8) is 0 Å². The summed E-state index contributed by atoms with van der Waals surface area (Å²) in [6.07, 6.45) is 2.11. The Morgan fingerprint density at radius 3 is 2.13 bits per heavy atom. The summed E-state index contributed by atoms with van der Waals surface area (Å²) < 4.78 is 11.0. The van der Waals surface area contributed by atoms with Gasteiger partial charge in [0.2, 0.25) is 0 Å². The average molecular weight is 312 g/mol. The van der Waals surface area contributed by atoms with Crippen molar-refractivity contribution in [2.24, 2.45) is 0 Å². The standard InChI is InChI=1S/C19H20O4/c1-22-13-7-6-12-19(18(20)21)14-8-2-4-10-16(14)23-17-11-5-3-9-15(17)19/h2-5,8-11H,6-7,12-13H2,1H3,(H,20,21). The van der Waals surface area contributed by atoms with Crippen LogP contribution in [0.15, 0.2) is 48.5 Å². The minimum absolute atomic E-state index is 0.517. The van der Waals surface area contributed by atoms with E-state index >= 15 is 0 Å². The Balaban J connectivity index is 2.11. The van der Waals surface area contributed by atoms with E-state index in [1.54, 1.807) is 7.11 Å². The smallest absolute Gasteiger partial charge is 0.318 e. The zero-order valence-electron chi connectivity index (χ0n) is 13.1. The molecule has 0 radical (unpaired) electrons. The van der Waals surface area contributed by atoms with Crippen molar-refractivity contribution in [2.45, 2.75) is 24.7 Å². The molecule has 0 aliphatic carbocycles. The Labute approximate surface area is 135 Å². The zero-order chi connectivity index (χ0) is 16.3. The lowest BCUT2D eigenvalue weighted by Gasteiger charge is -2.37. The Kier molecular flexibility index (Phi) is 4.35. The summed E-state index contributed by atoms with van der Waals surface area (Å²) in [6.45, 7) is 0.634. The minimum Gasteiger partial charge on any atom is -0.480 e. The molecule has 0 saturated carbocycles. The molecule has 1 aliphatic rings. The van der Waals surface area contributed by atoms with Crippen LogP contribution < -0.4 is 4.74 Å². The number of hydrogen-bond acceptors (Lipinski definition) is 3. The monoisotopic (exact) mass is 312 g/mol. The van der Waals surface area contributed by atoms with Crippen molar-refractivity contribution >= 4 is 5.97 Å². The second-order valence-corrected chi connectivity index (χ2v) is 5.75. The zero-order valence-corrected chi connectivity index (χ0v) is 13.1. The Morgan fingerprint density at radius 1 is 1.04 bits per heavy atom. The molecule has 2 aromatic rings. The van der Waals surface area contributed by atoms with E-state index in [0.29, 0.717) is 24.5 Å². The minimum atomic E-state index is -1.07. The van der Waals surface area contributed by atoms with Gasteiger partial charge >= 0.3 is 5.97 Å². The van der Waals surface area contributed by atoms with Crippen LogP contribution in [0.25, 0.3) is 0 Å². The molecule has 23 heavy (non-hydrogen) atoms. The highest BCUT2D eigenvalue weighted by molar-refractivity contribution is 5.89. The van der Waals surface area contributed by atoms with E-state index in [9.17, 15) is 9.90 Å². The van der Waals surface area contributed by atoms with Gasteiger partial charge in [0.1, 0.15) is 16.9 Å². The number of carbonyl (C=O) groups is 1. The molecule has 0 aromatic heterocycles. The van der Waals surface area contributed by atoms with Gasteiger partial charge in [0.25, 0.3) is 0 Å². The molecule has 0 bridgehead atoms. The second kappa shape index (κ2) is 6.42. The van der Waals surface area contributed by atoms with E-state index in [0.717, 1.165) is 24.0 Å². The first kappa shape index (κ1) is 15.6. The molecule has 0 saturated heterocycles. The van der Waals surface area contributed by atoms with Gasteiger partial charge in [-0.2, -0.15) is 0 Å². The van der Waals surface area contributed by atoms with Crippen LogP contribution in [0.5, 0.6) is 11.5 Å². The second-order valence-electron chi connectivity index (χ2n) is 5.75. The first-order valence-corrected chi connectivity index (χ1v) is 7.79. The highest BCUT2D eigenvalue weighted by Crippen LogP contribution is 2.50. The van der Waals surface area contributed by atoms with Gasteiger partial charge in [-0.3, -0.25) is 4.79 Å². The van der Waals surface area contributed by atoms with Crippen LogP contribution in [0.4, 0.5) is 0 Å². The lowest BCUT2D eigenvalue weighted by molar-refractivity contribution is -0.142. The Morgan fingerprint density at radius 2 is 1.61 bits per heavy atom. The lowest BCUT2D eigenvalue weighted by Crippen LogP contribution is -2.39. The maximum Gasteiger partial charge on any atom is 0.318 e. The van der Waals surface area contributed by atoms with Crippen molar-refractivity contribution in [2.75, 3.05) is 13.7 Å². The van der Waals surface area contributed by atoms with Crippen LogP contribution in [0, 0.1) is 0 Å². The number of unbranched alkanes of at least 4 members (excludes halogenated alkanes) is 1. The van der Waals surface area contributed by atoms with Crippen LogP contribution in [-0.2, 0) is 14.9 Å². The van der Waals surface area contributed by atoms with Gasteiger partial charge < -0.3 is 14.6 Å². The molecule has 1 N–H and O–H groups in total. The van der Waals surface area contributed by atoms with Gasteiger partial charge in [-0.1, -0.05) is 36.4 Å². The summed E-state index contributed by atoms with van der Waals surface area (Å²) in [5.41, 5.74) is 0.381. The topological polar surface area (TPSA) is 55.8 Å². The van der Waals surface area contributed by atoms with E-state index < -0.39 is 11.4 Å². The fraction of sp³-hybridized carbons (Fsp3) is 0.316. The van der Waals surface area contributed by atoms with Crippen LogP contribution >= 0.6 is 0 Å². The molecule has 0 spiro atoms. The summed E-state index contributed by atoms with van der Waals surface area (Å²) in [7, 11) is 1.66. The number of hydrogen-bond donors (Lipinski definition) is 1. The number of aliphatic carboxylic acids is 1. The highest BCUT2D eigenvalue weighted by Gasteiger charge is 2.47. The normalized spacial score (nSPS) is 14.5. The van der Waals surface area contributed by atoms with Crippen LogP contribution in [0.3, 0.4) is 0 Å². The first-order chi connectivity index (χ1) is 11.2. The third-order valence-corrected chi connectivity index (χ3v) is 4.43. The predicted molar refractivity (Wildman–Crippen MR) is 87.1 cm³/mol. The van der Waals surface area contributed by atoms with Crippen molar-refractivity contribution in [3.8, 4) is 11.5 Å². The molecule has 0 atom stereocenters. The molecule has 0 fully saturated rings. The van der Waals surface area contributed by atoms with Crippen molar-refractivity contribution < 1.29 is 19.4 Å². The van der Waals surface area contributed by atoms with Crippen molar-refractivity contribution in [1.82, 2.24) is 0 Å². The predicted octanol–water partition coefficient (Wildman–Crippen LogP) is 3.98. The average Bonchev–Trinajstić information content (AvgIpc) is 2.57. The number of benzene rings is 2. The Hall–Kier alpha value is -2.33. The van der Waals surface area contributed by atoms with Gasteiger partial charge in [-0.05, 0) is 31.4 Å². The summed E-state index contributed by atoms with van der Waals surface area (Å²) in [5, 5.41) is 10.2. The largest absolute Gasteiger partial charge is 0.480 e. The van der Waals surface area contributed by atoms with Gasteiger partial charge in [0, 0.05) is 24.8 Å². The number of ether oxygens (including phenoxy) is 2. The van der Waals surface area contributed by atoms with Crippen molar-refractivity contribution in [3.05, 3.63) is 59.7 Å². The van der Waals surface area contributed by atoms with E-state index in [1.165, 1.54) is 0 Å². The fourth-order valence-electron chi connectivity index (χ4n) is 3.32. The third-order valence-electron chi connectivity index (χ3n) is 4.43. The quantitative estimate of drug-likeness (QED) is 0.820. The summed E-state index contributed by atoms with van der Waals surface area (Å²) in [4.78, 5) is 12.4. The maximum atomic E-state index is 12.4. The number of para-hydroxylation sites is 2. The molecule has 4 nitrogen and oxygen atoms in total. The maximum absolute atomic E-state index is 12.4. The SMILES string of the molecule is COCCCCC1(C(=O)O)c2ccccc2Oc2ccccc21. The van der Waals surface area contributed by atoms with Gasteiger partial charge in [-0.15, -0.1) is 0 Å². The number of fused-ring (bicyclic) bond motifs is 2. The van der Waals surface area contributed by atoms with E-state index in [1.807, 2.05) is 48.5 Å². The number of rotatable bonds is 6. The molecular weight excluding hydrogens is 292 g/mol. The fourth-order valence-corrected chi connectivity index (χ4v) is 3.32. The highest BCUT2D eigenvalue weighted by atomic mass is 16.5. The lowest BCUT2D eigenvalue weighted by atomic mass is 9.69. The van der Waals surface area contributed by atoms with Crippen LogP contribution in [0.1, 0.15) is 30.4 Å². The summed E-state index contributed by atoms with van der Waals surface area (Å²) in [5.74, 6) is 0.416. The van der Waals surface area contributed by atoms with Gasteiger partial charge in [0.05, 0.1) is 0 Å². The van der Waals surface area contributed by atoms with Crippen LogP contribution in [-0.4, -0.2) is 24.8 Å². The van der Waals surface area contributed by atoms with Crippen molar-refractivity contribution in [1.29, 1.82) is 0 Å². The number of carboxylic acid groups (broad SMARTS) is 1. The Bertz CT molecular complexity index is 663. The van der Waals surface area contributed by atoms with E-state index in [2.05, 4.69) is 0 Å². The van der Waals surface area contributed by atoms with Gasteiger partial charge in [0.15, 0.2) is 0 Å². The molecule has 1 heterocycles. The molecule has 0 amide bonds. The molecule has 2 aromatic carbocycles. The first-order valence-electron chi connectivity index (χ1n) is 7.79. The molecule has 1 aliphatic heterocycles. The third kappa shape index (κ3) is 2.59. The summed E-state index contributed by atoms with van der Waals surface area (Å²) in [6, 6.07) is 14.8. The van der Waals surface area contributed by atoms with E-state index in [4.69, 9.17) is 9.47 Å². The molecule has 120 valence electrons. The number of methoxy groups -OCH3 is 1. The van der Waals surface area contributed by atoms with E-state index in [-0.39, 0.29) is 0 Å². The molecule has 4 heteroatoms. The van der Waals surface area contributed by atoms with Gasteiger partial charge in [-0.25, -0.2) is 0 Å². The molecule has 3 rings (SSSR count). The molecular formula is C19H20O4. The van der Waals surface area contributed by atoms with Crippen LogP contribution in [0.2, 0.25) is 0 Å².